The normalized spacial score (nSPS) is 10.1. The molecule has 1 aromatic carbocycles. The highest BCUT2D eigenvalue weighted by molar-refractivity contribution is 7.10. The highest BCUT2D eigenvalue weighted by Gasteiger charge is 2.06. The van der Waals surface area contributed by atoms with Gasteiger partial charge in [0.2, 0.25) is 5.91 Å². The van der Waals surface area contributed by atoms with Crippen molar-refractivity contribution in [2.75, 3.05) is 12.4 Å². The summed E-state index contributed by atoms with van der Waals surface area (Å²) in [5.74, 6) is -0.782. The number of nitrogens with two attached hydrogens (primary N) is 1. The molecule has 5 nitrogen and oxygen atoms in total. The number of rotatable bonds is 5. The fraction of sp³-hybridized carbons (Fsp3) is 0.143. The molecule has 0 unspecified atom stereocenters. The lowest BCUT2D eigenvalue weighted by atomic mass is 10.2. The molecule has 2 rings (SSSR count). The molecule has 6 heteroatoms. The minimum absolute atomic E-state index is 0.360. The van der Waals surface area contributed by atoms with Gasteiger partial charge in [-0.1, -0.05) is 0 Å². The third-order valence-corrected chi connectivity index (χ3v) is 3.65. The van der Waals surface area contributed by atoms with Crippen LogP contribution in [0.4, 0.5) is 5.69 Å². The van der Waals surface area contributed by atoms with E-state index in [-0.39, 0.29) is 5.97 Å². The van der Waals surface area contributed by atoms with Crippen LogP contribution in [0.15, 0.2) is 35.7 Å². The van der Waals surface area contributed by atoms with Gasteiger partial charge in [0.1, 0.15) is 0 Å². The Bertz CT molecular complexity index is 620. The average Bonchev–Trinajstić information content (AvgIpc) is 2.94. The molecule has 20 heavy (non-hydrogen) atoms. The number of ether oxygens (including phenoxy) is 1. The fourth-order valence-corrected chi connectivity index (χ4v) is 2.45. The van der Waals surface area contributed by atoms with Gasteiger partial charge < -0.3 is 15.8 Å². The van der Waals surface area contributed by atoms with E-state index in [1.807, 2.05) is 0 Å². The molecule has 3 N–H and O–H groups in total. The quantitative estimate of drug-likeness (QED) is 0.827. The van der Waals surface area contributed by atoms with Crippen molar-refractivity contribution in [3.8, 4) is 0 Å². The first-order valence-electron chi connectivity index (χ1n) is 5.89. The van der Waals surface area contributed by atoms with E-state index in [1.165, 1.54) is 18.4 Å². The van der Waals surface area contributed by atoms with Crippen molar-refractivity contribution < 1.29 is 14.3 Å². The highest BCUT2D eigenvalue weighted by Crippen LogP contribution is 2.17. The Kier molecular flexibility index (Phi) is 4.37. The van der Waals surface area contributed by atoms with Crippen molar-refractivity contribution in [2.24, 2.45) is 5.73 Å². The molecule has 0 bridgehead atoms. The molecule has 0 aliphatic carbocycles. The summed E-state index contributed by atoms with van der Waals surface area (Å²) in [5, 5.41) is 4.94. The number of primary amides is 1. The molecule has 0 saturated heterocycles. The standard InChI is InChI=1S/C14H14N2O3S/c1-19-14(18)9-2-4-11(5-3-9)16-7-12-6-10(8-20-12)13(15)17/h2-6,8,16H,7H2,1H3,(H2,15,17). The van der Waals surface area contributed by atoms with E-state index < -0.39 is 5.91 Å². The Labute approximate surface area is 120 Å². The Morgan fingerprint density at radius 2 is 1.95 bits per heavy atom. The first kappa shape index (κ1) is 14.1. The van der Waals surface area contributed by atoms with Crippen molar-refractivity contribution >= 4 is 28.9 Å². The predicted octanol–water partition coefficient (Wildman–Crippen LogP) is 2.25. The van der Waals surface area contributed by atoms with Crippen molar-refractivity contribution in [1.82, 2.24) is 0 Å². The van der Waals surface area contributed by atoms with Gasteiger partial charge in [0.05, 0.1) is 18.2 Å². The molecule has 0 atom stereocenters. The van der Waals surface area contributed by atoms with Crippen molar-refractivity contribution in [3.63, 3.8) is 0 Å². The van der Waals surface area contributed by atoms with Crippen LogP contribution in [0.2, 0.25) is 0 Å². The zero-order chi connectivity index (χ0) is 14.5. The van der Waals surface area contributed by atoms with Crippen LogP contribution >= 0.6 is 11.3 Å². The monoisotopic (exact) mass is 290 g/mol. The molecule has 0 saturated carbocycles. The number of thiophene rings is 1. The number of hydrogen-bond donors (Lipinski definition) is 2. The minimum Gasteiger partial charge on any atom is -0.465 e. The minimum atomic E-state index is -0.421. The summed E-state index contributed by atoms with van der Waals surface area (Å²) in [4.78, 5) is 23.3. The zero-order valence-electron chi connectivity index (χ0n) is 10.9. The van der Waals surface area contributed by atoms with Gasteiger partial charge in [0, 0.05) is 22.5 Å². The largest absolute Gasteiger partial charge is 0.465 e. The molecule has 0 fully saturated rings. The number of hydrogen-bond acceptors (Lipinski definition) is 5. The average molecular weight is 290 g/mol. The van der Waals surface area contributed by atoms with Crippen LogP contribution in [-0.4, -0.2) is 19.0 Å². The molecule has 0 radical (unpaired) electrons. The van der Waals surface area contributed by atoms with Crippen LogP contribution in [0.1, 0.15) is 25.6 Å². The van der Waals surface area contributed by atoms with Crippen LogP contribution < -0.4 is 11.1 Å². The van der Waals surface area contributed by atoms with Gasteiger partial charge in [-0.25, -0.2) is 4.79 Å². The Balaban J connectivity index is 1.96. The first-order valence-corrected chi connectivity index (χ1v) is 6.77. The third kappa shape index (κ3) is 3.36. The number of amides is 1. The molecule has 0 aliphatic rings. The topological polar surface area (TPSA) is 81.4 Å². The van der Waals surface area contributed by atoms with E-state index in [2.05, 4.69) is 10.1 Å². The summed E-state index contributed by atoms with van der Waals surface area (Å²) in [6.07, 6.45) is 0. The summed E-state index contributed by atoms with van der Waals surface area (Å²) in [5.41, 5.74) is 7.10. The summed E-state index contributed by atoms with van der Waals surface area (Å²) in [7, 11) is 1.35. The van der Waals surface area contributed by atoms with Crippen molar-refractivity contribution in [1.29, 1.82) is 0 Å². The number of benzene rings is 1. The molecular formula is C14H14N2O3S. The first-order chi connectivity index (χ1) is 9.60. The molecule has 2 aromatic rings. The van der Waals surface area contributed by atoms with Crippen LogP contribution in [0.25, 0.3) is 0 Å². The van der Waals surface area contributed by atoms with Gasteiger partial charge in [-0.3, -0.25) is 4.79 Å². The number of carbonyl (C=O) groups excluding carboxylic acids is 2. The lowest BCUT2D eigenvalue weighted by Crippen LogP contribution is -2.09. The van der Waals surface area contributed by atoms with Gasteiger partial charge in [0.25, 0.3) is 0 Å². The number of methoxy groups -OCH3 is 1. The number of carbonyl (C=O) groups is 2. The summed E-state index contributed by atoms with van der Waals surface area (Å²) >= 11 is 1.47. The molecular weight excluding hydrogens is 276 g/mol. The van der Waals surface area contributed by atoms with Gasteiger partial charge in [0.15, 0.2) is 0 Å². The number of anilines is 1. The van der Waals surface area contributed by atoms with E-state index in [0.717, 1.165) is 10.6 Å². The zero-order valence-corrected chi connectivity index (χ0v) is 11.7. The Morgan fingerprint density at radius 1 is 1.25 bits per heavy atom. The smallest absolute Gasteiger partial charge is 0.337 e. The molecule has 0 aliphatic heterocycles. The van der Waals surface area contributed by atoms with Gasteiger partial charge in [-0.15, -0.1) is 11.3 Å². The second-order valence-corrected chi connectivity index (χ2v) is 5.08. The van der Waals surface area contributed by atoms with E-state index in [1.54, 1.807) is 35.7 Å². The summed E-state index contributed by atoms with van der Waals surface area (Å²) in [6, 6.07) is 8.75. The molecule has 1 amide bonds. The Morgan fingerprint density at radius 3 is 2.50 bits per heavy atom. The van der Waals surface area contributed by atoms with Gasteiger partial charge in [-0.05, 0) is 30.3 Å². The Hall–Kier alpha value is -2.34. The maximum absolute atomic E-state index is 11.3. The molecule has 104 valence electrons. The van der Waals surface area contributed by atoms with Crippen LogP contribution in [0.3, 0.4) is 0 Å². The lowest BCUT2D eigenvalue weighted by molar-refractivity contribution is 0.0600. The van der Waals surface area contributed by atoms with E-state index in [4.69, 9.17) is 5.73 Å². The highest BCUT2D eigenvalue weighted by atomic mass is 32.1. The number of esters is 1. The fourth-order valence-electron chi connectivity index (χ4n) is 1.63. The third-order valence-electron chi connectivity index (χ3n) is 2.71. The number of nitrogens with one attached hydrogen (secondary N) is 1. The second-order valence-electron chi connectivity index (χ2n) is 4.09. The van der Waals surface area contributed by atoms with Crippen molar-refractivity contribution in [3.05, 3.63) is 51.7 Å². The SMILES string of the molecule is COC(=O)c1ccc(NCc2cc(C(N)=O)cs2)cc1. The van der Waals surface area contributed by atoms with E-state index >= 15 is 0 Å². The van der Waals surface area contributed by atoms with E-state index in [9.17, 15) is 9.59 Å². The van der Waals surface area contributed by atoms with Crippen LogP contribution in [0.5, 0.6) is 0 Å². The van der Waals surface area contributed by atoms with Crippen LogP contribution in [0, 0.1) is 0 Å². The summed E-state index contributed by atoms with van der Waals surface area (Å²) < 4.78 is 4.63. The summed E-state index contributed by atoms with van der Waals surface area (Å²) in [6.45, 7) is 0.593. The molecule has 1 heterocycles. The molecule has 1 aromatic heterocycles. The van der Waals surface area contributed by atoms with Crippen LogP contribution in [-0.2, 0) is 11.3 Å². The van der Waals surface area contributed by atoms with E-state index in [0.29, 0.717) is 17.7 Å². The maximum Gasteiger partial charge on any atom is 0.337 e. The molecule has 0 spiro atoms. The second kappa shape index (κ2) is 6.21. The maximum atomic E-state index is 11.3. The lowest BCUT2D eigenvalue weighted by Gasteiger charge is -2.05. The predicted molar refractivity (Wildman–Crippen MR) is 77.9 cm³/mol. The van der Waals surface area contributed by atoms with Crippen molar-refractivity contribution in [2.45, 2.75) is 6.54 Å². The van der Waals surface area contributed by atoms with Gasteiger partial charge >= 0.3 is 5.97 Å². The van der Waals surface area contributed by atoms with Gasteiger partial charge in [-0.2, -0.15) is 0 Å².